The van der Waals surface area contributed by atoms with Gasteiger partial charge in [-0.2, -0.15) is 10.3 Å². The minimum absolute atomic E-state index is 0.188. The number of hydrogen-bond acceptors (Lipinski definition) is 2. The number of rotatable bonds is 3. The van der Waals surface area contributed by atoms with Crippen molar-refractivity contribution in [3.8, 4) is 6.19 Å². The Morgan fingerprint density at radius 3 is 2.61 bits per heavy atom. The first-order valence-electron chi connectivity index (χ1n) is 5.64. The Labute approximate surface area is 105 Å². The fraction of sp³-hybridized carbons (Fsp3) is 0.385. The molecule has 0 fully saturated rings. The number of nitrogens with zero attached hydrogens (tertiary/aromatic N) is 3. The zero-order valence-corrected chi connectivity index (χ0v) is 10.6. The van der Waals surface area contributed by atoms with Gasteiger partial charge < -0.3 is 4.90 Å². The van der Waals surface area contributed by atoms with Crippen LogP contribution in [0.25, 0.3) is 0 Å². The van der Waals surface area contributed by atoms with Crippen LogP contribution in [0.5, 0.6) is 0 Å². The first-order valence-corrected chi connectivity index (χ1v) is 5.64. The number of benzene rings is 1. The maximum absolute atomic E-state index is 13.2. The smallest absolute Gasteiger partial charge is 0.207 e. The van der Waals surface area contributed by atoms with Crippen molar-refractivity contribution >= 4 is 5.84 Å². The largest absolute Gasteiger partial charge is 0.356 e. The van der Waals surface area contributed by atoms with E-state index in [4.69, 9.17) is 5.26 Å². The van der Waals surface area contributed by atoms with Gasteiger partial charge in [-0.05, 0) is 24.6 Å². The summed E-state index contributed by atoms with van der Waals surface area (Å²) in [6.07, 6.45) is 2.33. The van der Waals surface area contributed by atoms with Gasteiger partial charge in [0.25, 0.3) is 0 Å². The summed E-state index contributed by atoms with van der Waals surface area (Å²) in [5.74, 6) is -1.13. The van der Waals surface area contributed by atoms with Crippen LogP contribution in [0.3, 0.4) is 0 Å². The molecule has 0 aromatic heterocycles. The predicted octanol–water partition coefficient (Wildman–Crippen LogP) is 3.25. The molecule has 0 saturated heterocycles. The standard InChI is InChI=1S/C13H15F2N3/c1-4-13(17-8-16)18(3)9(2)10-5-6-11(14)12(15)7-10/h5-7,9H,4H2,1-3H3. The van der Waals surface area contributed by atoms with Gasteiger partial charge in [-0.25, -0.2) is 8.78 Å². The average Bonchev–Trinajstić information content (AvgIpc) is 2.37. The van der Waals surface area contributed by atoms with Crippen LogP contribution in [-0.4, -0.2) is 17.8 Å². The van der Waals surface area contributed by atoms with Gasteiger partial charge in [-0.3, -0.25) is 0 Å². The van der Waals surface area contributed by atoms with Crippen LogP contribution in [-0.2, 0) is 0 Å². The summed E-state index contributed by atoms with van der Waals surface area (Å²) in [6, 6.07) is 3.60. The van der Waals surface area contributed by atoms with Crippen molar-refractivity contribution in [3.63, 3.8) is 0 Å². The van der Waals surface area contributed by atoms with E-state index < -0.39 is 11.6 Å². The van der Waals surface area contributed by atoms with Crippen molar-refractivity contribution in [2.75, 3.05) is 7.05 Å². The normalized spacial score (nSPS) is 13.0. The SMILES string of the molecule is CCC(=NC#N)N(C)C(C)c1ccc(F)c(F)c1. The lowest BCUT2D eigenvalue weighted by Crippen LogP contribution is -2.29. The lowest BCUT2D eigenvalue weighted by molar-refractivity contribution is 0.392. The van der Waals surface area contributed by atoms with Crippen LogP contribution in [0, 0.1) is 23.1 Å². The number of nitriles is 1. The van der Waals surface area contributed by atoms with E-state index in [0.717, 1.165) is 12.1 Å². The van der Waals surface area contributed by atoms with Crippen LogP contribution in [0.2, 0.25) is 0 Å². The highest BCUT2D eigenvalue weighted by molar-refractivity contribution is 5.83. The molecular formula is C13H15F2N3. The van der Waals surface area contributed by atoms with Gasteiger partial charge in [-0.1, -0.05) is 13.0 Å². The molecule has 1 aromatic rings. The molecule has 0 N–H and O–H groups in total. The summed E-state index contributed by atoms with van der Waals surface area (Å²) in [5.41, 5.74) is 0.635. The second kappa shape index (κ2) is 6.10. The molecule has 1 aromatic carbocycles. The van der Waals surface area contributed by atoms with Crippen LogP contribution in [0.4, 0.5) is 8.78 Å². The van der Waals surface area contributed by atoms with E-state index in [0.29, 0.717) is 17.8 Å². The Kier molecular flexibility index (Phi) is 4.78. The van der Waals surface area contributed by atoms with Gasteiger partial charge in [-0.15, -0.1) is 0 Å². The van der Waals surface area contributed by atoms with E-state index in [1.807, 2.05) is 13.8 Å². The van der Waals surface area contributed by atoms with Crippen molar-refractivity contribution in [1.82, 2.24) is 4.90 Å². The Hall–Kier alpha value is -1.96. The van der Waals surface area contributed by atoms with Crippen LogP contribution in [0.1, 0.15) is 31.9 Å². The van der Waals surface area contributed by atoms with Gasteiger partial charge in [0.15, 0.2) is 11.6 Å². The Bertz CT molecular complexity index is 491. The summed E-state index contributed by atoms with van der Waals surface area (Å²) in [5, 5.41) is 8.58. The summed E-state index contributed by atoms with van der Waals surface area (Å²) in [7, 11) is 1.77. The highest BCUT2D eigenvalue weighted by Gasteiger charge is 2.16. The molecule has 0 radical (unpaired) electrons. The molecule has 1 atom stereocenters. The van der Waals surface area contributed by atoms with Gasteiger partial charge in [0.2, 0.25) is 6.19 Å². The third kappa shape index (κ3) is 3.04. The van der Waals surface area contributed by atoms with E-state index in [-0.39, 0.29) is 6.04 Å². The van der Waals surface area contributed by atoms with Gasteiger partial charge >= 0.3 is 0 Å². The van der Waals surface area contributed by atoms with Crippen LogP contribution >= 0.6 is 0 Å². The molecular weight excluding hydrogens is 236 g/mol. The molecule has 0 spiro atoms. The Morgan fingerprint density at radius 2 is 2.11 bits per heavy atom. The summed E-state index contributed by atoms with van der Waals surface area (Å²) >= 11 is 0. The quantitative estimate of drug-likeness (QED) is 0.470. The lowest BCUT2D eigenvalue weighted by Gasteiger charge is -2.27. The predicted molar refractivity (Wildman–Crippen MR) is 65.9 cm³/mol. The topological polar surface area (TPSA) is 39.4 Å². The van der Waals surface area contributed by atoms with Crippen molar-refractivity contribution < 1.29 is 8.78 Å². The second-order valence-electron chi connectivity index (χ2n) is 3.94. The summed E-state index contributed by atoms with van der Waals surface area (Å²) in [6.45, 7) is 3.72. The van der Waals surface area contributed by atoms with Crippen LogP contribution < -0.4 is 0 Å². The molecule has 0 aliphatic carbocycles. The molecule has 96 valence electrons. The lowest BCUT2D eigenvalue weighted by atomic mass is 10.1. The number of hydrogen-bond donors (Lipinski definition) is 0. The molecule has 1 rings (SSSR count). The zero-order valence-electron chi connectivity index (χ0n) is 10.6. The van der Waals surface area contributed by atoms with E-state index in [1.165, 1.54) is 6.07 Å². The molecule has 0 aliphatic heterocycles. The van der Waals surface area contributed by atoms with E-state index in [1.54, 1.807) is 18.1 Å². The molecule has 0 bridgehead atoms. The van der Waals surface area contributed by atoms with Crippen molar-refractivity contribution in [1.29, 1.82) is 5.26 Å². The maximum atomic E-state index is 13.2. The Morgan fingerprint density at radius 1 is 1.44 bits per heavy atom. The molecule has 0 saturated carbocycles. The minimum atomic E-state index is -0.872. The molecule has 0 heterocycles. The highest BCUT2D eigenvalue weighted by Crippen LogP contribution is 2.21. The van der Waals surface area contributed by atoms with Crippen molar-refractivity contribution in [2.45, 2.75) is 26.3 Å². The van der Waals surface area contributed by atoms with Crippen LogP contribution in [0.15, 0.2) is 23.2 Å². The van der Waals surface area contributed by atoms with E-state index >= 15 is 0 Å². The maximum Gasteiger partial charge on any atom is 0.207 e. The van der Waals surface area contributed by atoms with E-state index in [2.05, 4.69) is 4.99 Å². The number of amidine groups is 1. The first-order chi connectivity index (χ1) is 8.51. The minimum Gasteiger partial charge on any atom is -0.356 e. The Balaban J connectivity index is 2.99. The van der Waals surface area contributed by atoms with Gasteiger partial charge in [0, 0.05) is 13.5 Å². The molecule has 5 heteroatoms. The van der Waals surface area contributed by atoms with Crippen molar-refractivity contribution in [3.05, 3.63) is 35.4 Å². The van der Waals surface area contributed by atoms with Gasteiger partial charge in [0.05, 0.1) is 6.04 Å². The second-order valence-corrected chi connectivity index (χ2v) is 3.94. The molecule has 3 nitrogen and oxygen atoms in total. The summed E-state index contributed by atoms with van der Waals surface area (Å²) < 4.78 is 26.0. The monoisotopic (exact) mass is 251 g/mol. The molecule has 0 aliphatic rings. The summed E-state index contributed by atoms with van der Waals surface area (Å²) in [4.78, 5) is 5.48. The van der Waals surface area contributed by atoms with Gasteiger partial charge in [0.1, 0.15) is 5.84 Å². The molecule has 1 unspecified atom stereocenters. The molecule has 0 amide bonds. The number of halogens is 2. The number of aliphatic imine (C=N–C) groups is 1. The molecule has 18 heavy (non-hydrogen) atoms. The zero-order chi connectivity index (χ0) is 13.7. The first kappa shape index (κ1) is 14.1. The van der Waals surface area contributed by atoms with Crippen molar-refractivity contribution in [2.24, 2.45) is 4.99 Å². The highest BCUT2D eigenvalue weighted by atomic mass is 19.2. The fourth-order valence-electron chi connectivity index (χ4n) is 1.68. The van der Waals surface area contributed by atoms with E-state index in [9.17, 15) is 8.78 Å². The average molecular weight is 251 g/mol. The third-order valence-electron chi connectivity index (χ3n) is 2.91. The fourth-order valence-corrected chi connectivity index (χ4v) is 1.68. The third-order valence-corrected chi connectivity index (χ3v) is 2.91.